The van der Waals surface area contributed by atoms with E-state index in [4.69, 9.17) is 17.0 Å². The van der Waals surface area contributed by atoms with E-state index in [0.717, 1.165) is 17.7 Å². The molecule has 4 nitrogen and oxygen atoms in total. The molecule has 2 aliphatic carbocycles. The second kappa shape index (κ2) is 6.79. The van der Waals surface area contributed by atoms with Gasteiger partial charge in [-0.1, -0.05) is 38.4 Å². The van der Waals surface area contributed by atoms with E-state index >= 15 is 0 Å². The smallest absolute Gasteiger partial charge is 0.203 e. The Morgan fingerprint density at radius 2 is 1.89 bits per heavy atom. The van der Waals surface area contributed by atoms with Crippen molar-refractivity contribution < 1.29 is 0 Å². The molecule has 3 rings (SSSR count). The molecule has 0 radical (unpaired) electrons. The van der Waals surface area contributed by atoms with Gasteiger partial charge in [0.25, 0.3) is 0 Å². The maximum Gasteiger partial charge on any atom is 0.203 e. The standard InChI is InChI=1S/C21H21ClN4S/c1-20(2,3)12-4-5-15-13(8-12)18(16-6-7-17(22)27-16)14(9-23)19(26)21(15,10-24)11-25/h5-7,12-14,18,26H,4,8H2,1-3H3/t12-,13+,14+,18-/m0/s1. The summed E-state index contributed by atoms with van der Waals surface area (Å²) in [6, 6.07) is 10.1. The van der Waals surface area contributed by atoms with E-state index in [1.165, 1.54) is 11.3 Å². The van der Waals surface area contributed by atoms with Crippen LogP contribution in [0.25, 0.3) is 0 Å². The van der Waals surface area contributed by atoms with Gasteiger partial charge in [-0.05, 0) is 47.8 Å². The van der Waals surface area contributed by atoms with Crippen molar-refractivity contribution in [2.75, 3.05) is 0 Å². The van der Waals surface area contributed by atoms with Crippen LogP contribution in [0.1, 0.15) is 44.4 Å². The molecule has 0 aromatic carbocycles. The van der Waals surface area contributed by atoms with Crippen LogP contribution in [0.4, 0.5) is 0 Å². The summed E-state index contributed by atoms with van der Waals surface area (Å²) >= 11 is 7.58. The number of thiophene rings is 1. The third-order valence-electron chi connectivity index (χ3n) is 6.12. The Morgan fingerprint density at radius 1 is 1.22 bits per heavy atom. The molecule has 1 fully saturated rings. The van der Waals surface area contributed by atoms with Gasteiger partial charge < -0.3 is 5.41 Å². The molecule has 27 heavy (non-hydrogen) atoms. The molecule has 0 amide bonds. The number of halogens is 1. The lowest BCUT2D eigenvalue weighted by atomic mass is 9.52. The first-order chi connectivity index (χ1) is 12.7. The topological polar surface area (TPSA) is 95.2 Å². The lowest BCUT2D eigenvalue weighted by Gasteiger charge is -2.48. The van der Waals surface area contributed by atoms with Crippen LogP contribution in [0.15, 0.2) is 23.8 Å². The van der Waals surface area contributed by atoms with E-state index in [0.29, 0.717) is 15.8 Å². The van der Waals surface area contributed by atoms with Crippen molar-refractivity contribution in [3.8, 4) is 18.2 Å². The molecule has 6 heteroatoms. The van der Waals surface area contributed by atoms with Crippen molar-refractivity contribution in [3.63, 3.8) is 0 Å². The van der Waals surface area contributed by atoms with E-state index in [2.05, 4.69) is 39.0 Å². The van der Waals surface area contributed by atoms with E-state index in [-0.39, 0.29) is 23.0 Å². The summed E-state index contributed by atoms with van der Waals surface area (Å²) in [7, 11) is 0. The molecule has 0 bridgehead atoms. The van der Waals surface area contributed by atoms with Crippen LogP contribution < -0.4 is 0 Å². The molecule has 4 atom stereocenters. The van der Waals surface area contributed by atoms with Gasteiger partial charge in [0.1, 0.15) is 0 Å². The third kappa shape index (κ3) is 2.98. The van der Waals surface area contributed by atoms with E-state index in [1.54, 1.807) is 0 Å². The van der Waals surface area contributed by atoms with Gasteiger partial charge >= 0.3 is 0 Å². The number of nitriles is 3. The van der Waals surface area contributed by atoms with Crippen molar-refractivity contribution in [1.29, 1.82) is 21.2 Å². The number of nitrogens with one attached hydrogen (secondary N) is 1. The Hall–Kier alpha value is -2.13. The summed E-state index contributed by atoms with van der Waals surface area (Å²) < 4.78 is 0.638. The quantitative estimate of drug-likeness (QED) is 0.617. The van der Waals surface area contributed by atoms with Crippen molar-refractivity contribution in [2.24, 2.45) is 28.6 Å². The lowest BCUT2D eigenvalue weighted by molar-refractivity contribution is 0.172. The number of allylic oxidation sites excluding steroid dienone is 2. The van der Waals surface area contributed by atoms with Crippen LogP contribution in [0.3, 0.4) is 0 Å². The Morgan fingerprint density at radius 3 is 2.37 bits per heavy atom. The minimum atomic E-state index is -1.63. The minimum Gasteiger partial charge on any atom is -0.305 e. The summed E-state index contributed by atoms with van der Waals surface area (Å²) in [6.45, 7) is 6.59. The highest BCUT2D eigenvalue weighted by Crippen LogP contribution is 2.57. The van der Waals surface area contributed by atoms with E-state index in [9.17, 15) is 15.8 Å². The number of hydrogen-bond donors (Lipinski definition) is 1. The Labute approximate surface area is 169 Å². The summed E-state index contributed by atoms with van der Waals surface area (Å²) in [6.07, 6.45) is 3.58. The first-order valence-corrected chi connectivity index (χ1v) is 10.2. The molecule has 138 valence electrons. The zero-order chi connectivity index (χ0) is 20.0. The average molecular weight is 397 g/mol. The van der Waals surface area contributed by atoms with Crippen LogP contribution in [-0.4, -0.2) is 5.71 Å². The number of nitrogens with zero attached hydrogens (tertiary/aromatic N) is 3. The van der Waals surface area contributed by atoms with Crippen LogP contribution in [-0.2, 0) is 0 Å². The third-order valence-corrected chi connectivity index (χ3v) is 7.46. The molecule has 1 heterocycles. The normalized spacial score (nSPS) is 29.7. The lowest BCUT2D eigenvalue weighted by Crippen LogP contribution is -2.49. The van der Waals surface area contributed by atoms with Gasteiger partial charge in [-0.15, -0.1) is 11.3 Å². The van der Waals surface area contributed by atoms with Crippen molar-refractivity contribution >= 4 is 28.6 Å². The SMILES string of the molecule is CC(C)(C)[C@H]1CC=C2[C@@H](C1)[C@H](c1ccc(Cl)s1)[C@@H](C#N)C(=N)C2(C#N)C#N. The zero-order valence-electron chi connectivity index (χ0n) is 15.6. The van der Waals surface area contributed by atoms with Gasteiger partial charge in [-0.3, -0.25) is 0 Å². The predicted octanol–water partition coefficient (Wildman–Crippen LogP) is 5.69. The number of fused-ring (bicyclic) bond motifs is 1. The summed E-state index contributed by atoms with van der Waals surface area (Å²) in [4.78, 5) is 0.950. The maximum absolute atomic E-state index is 9.88. The monoisotopic (exact) mass is 396 g/mol. The fraction of sp³-hybridized carbons (Fsp3) is 0.524. The first-order valence-electron chi connectivity index (χ1n) is 8.96. The fourth-order valence-electron chi connectivity index (χ4n) is 4.52. The van der Waals surface area contributed by atoms with E-state index < -0.39 is 11.3 Å². The minimum absolute atomic E-state index is 0.0781. The molecule has 0 unspecified atom stereocenters. The summed E-state index contributed by atoms with van der Waals surface area (Å²) in [5, 5.41) is 38.2. The van der Waals surface area contributed by atoms with Crippen LogP contribution in [0.5, 0.6) is 0 Å². The van der Waals surface area contributed by atoms with Crippen LogP contribution >= 0.6 is 22.9 Å². The Kier molecular flexibility index (Phi) is 4.94. The molecular formula is C21H21ClN4S. The summed E-state index contributed by atoms with van der Waals surface area (Å²) in [5.41, 5.74) is -0.944. The van der Waals surface area contributed by atoms with Crippen molar-refractivity contribution in [3.05, 3.63) is 33.0 Å². The Balaban J connectivity index is 2.21. The van der Waals surface area contributed by atoms with Crippen LogP contribution in [0.2, 0.25) is 4.34 Å². The highest BCUT2D eigenvalue weighted by atomic mass is 35.5. The average Bonchev–Trinajstić information content (AvgIpc) is 3.06. The summed E-state index contributed by atoms with van der Waals surface area (Å²) in [5.74, 6) is -0.784. The van der Waals surface area contributed by atoms with Gasteiger partial charge in [0.05, 0.1) is 34.2 Å². The van der Waals surface area contributed by atoms with Crippen molar-refractivity contribution in [2.45, 2.75) is 39.5 Å². The molecule has 0 saturated heterocycles. The van der Waals surface area contributed by atoms with Gasteiger partial charge in [0.2, 0.25) is 5.41 Å². The van der Waals surface area contributed by atoms with Gasteiger partial charge in [0, 0.05) is 10.8 Å². The van der Waals surface area contributed by atoms with Crippen molar-refractivity contribution in [1.82, 2.24) is 0 Å². The molecule has 0 spiro atoms. The molecular weight excluding hydrogens is 376 g/mol. The number of hydrogen-bond acceptors (Lipinski definition) is 5. The molecule has 1 aromatic rings. The molecule has 0 aliphatic heterocycles. The largest absolute Gasteiger partial charge is 0.305 e. The van der Waals surface area contributed by atoms with E-state index in [1.807, 2.05) is 18.2 Å². The fourth-order valence-corrected chi connectivity index (χ4v) is 5.78. The molecule has 1 aromatic heterocycles. The van der Waals surface area contributed by atoms with Gasteiger partial charge in [0.15, 0.2) is 0 Å². The highest BCUT2D eigenvalue weighted by Gasteiger charge is 2.57. The van der Waals surface area contributed by atoms with Gasteiger partial charge in [-0.25, -0.2) is 0 Å². The van der Waals surface area contributed by atoms with Gasteiger partial charge in [-0.2, -0.15) is 15.8 Å². The van der Waals surface area contributed by atoms with Crippen LogP contribution in [0, 0.1) is 68.0 Å². The number of rotatable bonds is 1. The molecule has 2 aliphatic rings. The second-order valence-electron chi connectivity index (χ2n) is 8.46. The highest BCUT2D eigenvalue weighted by molar-refractivity contribution is 7.16. The molecule has 1 saturated carbocycles. The second-order valence-corrected chi connectivity index (χ2v) is 10.2. The predicted molar refractivity (Wildman–Crippen MR) is 106 cm³/mol. The molecule has 1 N–H and O–H groups in total. The maximum atomic E-state index is 9.88. The Bertz CT molecular complexity index is 917. The zero-order valence-corrected chi connectivity index (χ0v) is 17.2. The first kappa shape index (κ1) is 19.6.